The fourth-order valence-electron chi connectivity index (χ4n) is 2.98. The van der Waals surface area contributed by atoms with E-state index in [0.29, 0.717) is 13.1 Å². The van der Waals surface area contributed by atoms with E-state index in [1.54, 1.807) is 11.2 Å². The van der Waals surface area contributed by atoms with Gasteiger partial charge in [0.05, 0.1) is 11.1 Å². The lowest BCUT2D eigenvalue weighted by molar-refractivity contribution is 0.310. The van der Waals surface area contributed by atoms with Crippen LogP contribution in [-0.2, 0) is 10.0 Å². The van der Waals surface area contributed by atoms with Gasteiger partial charge in [-0.05, 0) is 25.8 Å². The molecule has 1 atom stereocenters. The zero-order valence-electron chi connectivity index (χ0n) is 12.9. The highest BCUT2D eigenvalue weighted by Gasteiger charge is 2.30. The van der Waals surface area contributed by atoms with Crippen molar-refractivity contribution in [2.75, 3.05) is 30.8 Å². The molecule has 8 heteroatoms. The highest BCUT2D eigenvalue weighted by Crippen LogP contribution is 2.26. The SMILES string of the molecule is CCS(=O)(=O)N1CCCC(N(C)c2ncnc3[nH]ccc23)C1. The summed E-state index contributed by atoms with van der Waals surface area (Å²) in [5.41, 5.74) is 0.797. The number of rotatable bonds is 4. The summed E-state index contributed by atoms with van der Waals surface area (Å²) >= 11 is 0. The maximum absolute atomic E-state index is 12.1. The van der Waals surface area contributed by atoms with Gasteiger partial charge >= 0.3 is 0 Å². The van der Waals surface area contributed by atoms with Crippen molar-refractivity contribution < 1.29 is 8.42 Å². The van der Waals surface area contributed by atoms with Crippen LogP contribution in [0, 0.1) is 0 Å². The largest absolute Gasteiger partial charge is 0.355 e. The summed E-state index contributed by atoms with van der Waals surface area (Å²) in [6, 6.07) is 2.08. The van der Waals surface area contributed by atoms with Crippen molar-refractivity contribution >= 4 is 26.9 Å². The summed E-state index contributed by atoms with van der Waals surface area (Å²) < 4.78 is 25.8. The number of anilines is 1. The Morgan fingerprint density at radius 2 is 2.27 bits per heavy atom. The van der Waals surface area contributed by atoms with E-state index < -0.39 is 10.0 Å². The molecule has 0 aromatic carbocycles. The molecule has 0 radical (unpaired) electrons. The number of nitrogens with one attached hydrogen (secondary N) is 1. The molecule has 0 aliphatic carbocycles. The van der Waals surface area contributed by atoms with E-state index in [1.165, 1.54) is 6.33 Å². The second-order valence-corrected chi connectivity index (χ2v) is 7.86. The van der Waals surface area contributed by atoms with Crippen LogP contribution in [0.25, 0.3) is 11.0 Å². The van der Waals surface area contributed by atoms with Crippen molar-refractivity contribution in [1.29, 1.82) is 0 Å². The Bertz CT molecular complexity index is 757. The molecule has 1 aliphatic rings. The highest BCUT2D eigenvalue weighted by atomic mass is 32.2. The molecule has 120 valence electrons. The Kier molecular flexibility index (Phi) is 4.05. The molecule has 1 unspecified atom stereocenters. The minimum Gasteiger partial charge on any atom is -0.355 e. The minimum absolute atomic E-state index is 0.128. The van der Waals surface area contributed by atoms with Gasteiger partial charge < -0.3 is 9.88 Å². The first-order chi connectivity index (χ1) is 10.5. The number of H-pyrrole nitrogens is 1. The molecule has 3 heterocycles. The van der Waals surface area contributed by atoms with Crippen molar-refractivity contribution in [1.82, 2.24) is 19.3 Å². The molecule has 2 aromatic rings. The third kappa shape index (κ3) is 2.68. The Morgan fingerprint density at radius 3 is 3.05 bits per heavy atom. The first-order valence-corrected chi connectivity index (χ1v) is 9.12. The number of hydrogen-bond donors (Lipinski definition) is 1. The van der Waals surface area contributed by atoms with Gasteiger partial charge in [-0.25, -0.2) is 18.4 Å². The second kappa shape index (κ2) is 5.85. The van der Waals surface area contributed by atoms with Crippen LogP contribution in [0.2, 0.25) is 0 Å². The number of fused-ring (bicyclic) bond motifs is 1. The maximum atomic E-state index is 12.1. The standard InChI is InChI=1S/C14H21N5O2S/c1-3-22(20,21)19-8-4-5-11(9-19)18(2)14-12-6-7-15-13(12)16-10-17-14/h6-7,10-11H,3-5,8-9H2,1-2H3,(H,15,16,17). The van der Waals surface area contributed by atoms with Gasteiger partial charge in [0.1, 0.15) is 17.8 Å². The van der Waals surface area contributed by atoms with E-state index in [2.05, 4.69) is 19.9 Å². The van der Waals surface area contributed by atoms with Crippen molar-refractivity contribution in [2.24, 2.45) is 0 Å². The van der Waals surface area contributed by atoms with Crippen molar-refractivity contribution in [3.63, 3.8) is 0 Å². The van der Waals surface area contributed by atoms with Crippen LogP contribution in [0.5, 0.6) is 0 Å². The van der Waals surface area contributed by atoms with Gasteiger partial charge in [-0.1, -0.05) is 0 Å². The monoisotopic (exact) mass is 323 g/mol. The molecule has 1 fully saturated rings. The molecule has 0 amide bonds. The average molecular weight is 323 g/mol. The van der Waals surface area contributed by atoms with Crippen LogP contribution in [0.4, 0.5) is 5.82 Å². The van der Waals surface area contributed by atoms with Gasteiger partial charge in [0.2, 0.25) is 10.0 Å². The smallest absolute Gasteiger partial charge is 0.213 e. The summed E-state index contributed by atoms with van der Waals surface area (Å²) in [6.45, 7) is 2.82. The van der Waals surface area contributed by atoms with Crippen LogP contribution in [-0.4, -0.2) is 59.6 Å². The van der Waals surface area contributed by atoms with Crippen molar-refractivity contribution in [3.8, 4) is 0 Å². The Hall–Kier alpha value is -1.67. The molecule has 1 N–H and O–H groups in total. The summed E-state index contributed by atoms with van der Waals surface area (Å²) in [7, 11) is -1.16. The fraction of sp³-hybridized carbons (Fsp3) is 0.571. The van der Waals surface area contributed by atoms with Gasteiger partial charge in [-0.2, -0.15) is 4.31 Å². The predicted molar refractivity (Wildman–Crippen MR) is 86.3 cm³/mol. The molecule has 0 saturated carbocycles. The molecular weight excluding hydrogens is 302 g/mol. The summed E-state index contributed by atoms with van der Waals surface area (Å²) in [4.78, 5) is 13.7. The van der Waals surface area contributed by atoms with Gasteiger partial charge in [0, 0.05) is 32.4 Å². The quantitative estimate of drug-likeness (QED) is 0.914. The second-order valence-electron chi connectivity index (χ2n) is 5.60. The highest BCUT2D eigenvalue weighted by molar-refractivity contribution is 7.89. The first-order valence-electron chi connectivity index (χ1n) is 7.51. The van der Waals surface area contributed by atoms with Crippen LogP contribution in [0.1, 0.15) is 19.8 Å². The Balaban J connectivity index is 1.86. The molecule has 2 aromatic heterocycles. The molecule has 7 nitrogen and oxygen atoms in total. The third-order valence-electron chi connectivity index (χ3n) is 4.33. The van der Waals surface area contributed by atoms with Crippen LogP contribution in [0.3, 0.4) is 0 Å². The van der Waals surface area contributed by atoms with E-state index in [0.717, 1.165) is 29.7 Å². The van der Waals surface area contributed by atoms with Crippen LogP contribution < -0.4 is 4.90 Å². The zero-order chi connectivity index (χ0) is 15.7. The molecule has 0 spiro atoms. The van der Waals surface area contributed by atoms with E-state index in [4.69, 9.17) is 0 Å². The summed E-state index contributed by atoms with van der Waals surface area (Å²) in [6.07, 6.45) is 5.21. The van der Waals surface area contributed by atoms with Crippen LogP contribution >= 0.6 is 0 Å². The molecule has 1 saturated heterocycles. The first kappa shape index (κ1) is 15.2. The predicted octanol–water partition coefficient (Wildman–Crippen LogP) is 1.21. The zero-order valence-corrected chi connectivity index (χ0v) is 13.7. The number of likely N-dealkylation sites (N-methyl/N-ethyl adjacent to an activating group) is 1. The molecule has 3 rings (SSSR count). The van der Waals surface area contributed by atoms with Gasteiger partial charge in [0.25, 0.3) is 0 Å². The topological polar surface area (TPSA) is 82.2 Å². The number of nitrogens with zero attached hydrogens (tertiary/aromatic N) is 4. The van der Waals surface area contributed by atoms with Crippen molar-refractivity contribution in [2.45, 2.75) is 25.8 Å². The minimum atomic E-state index is -3.13. The maximum Gasteiger partial charge on any atom is 0.213 e. The lowest BCUT2D eigenvalue weighted by Crippen LogP contribution is -2.49. The molecular formula is C14H21N5O2S. The number of sulfonamides is 1. The normalized spacial score (nSPS) is 20.4. The molecule has 1 aliphatic heterocycles. The Labute approximate surface area is 130 Å². The summed E-state index contributed by atoms with van der Waals surface area (Å²) in [5, 5.41) is 0.959. The van der Waals surface area contributed by atoms with E-state index in [9.17, 15) is 8.42 Å². The van der Waals surface area contributed by atoms with Crippen molar-refractivity contribution in [3.05, 3.63) is 18.6 Å². The average Bonchev–Trinajstić information content (AvgIpc) is 3.03. The Morgan fingerprint density at radius 1 is 1.45 bits per heavy atom. The number of aromatic amines is 1. The van der Waals surface area contributed by atoms with Gasteiger partial charge in [-0.3, -0.25) is 0 Å². The third-order valence-corrected chi connectivity index (χ3v) is 6.18. The molecule has 22 heavy (non-hydrogen) atoms. The number of aromatic nitrogens is 3. The van der Waals surface area contributed by atoms with E-state index in [1.807, 2.05) is 19.3 Å². The molecule has 0 bridgehead atoms. The van der Waals surface area contributed by atoms with Gasteiger partial charge in [0.15, 0.2) is 0 Å². The lowest BCUT2D eigenvalue weighted by atomic mass is 10.1. The lowest BCUT2D eigenvalue weighted by Gasteiger charge is -2.37. The number of piperidine rings is 1. The van der Waals surface area contributed by atoms with Gasteiger partial charge in [-0.15, -0.1) is 0 Å². The number of hydrogen-bond acceptors (Lipinski definition) is 5. The van der Waals surface area contributed by atoms with Crippen LogP contribution in [0.15, 0.2) is 18.6 Å². The van der Waals surface area contributed by atoms with E-state index >= 15 is 0 Å². The fourth-order valence-corrected chi connectivity index (χ4v) is 4.16. The summed E-state index contributed by atoms with van der Waals surface area (Å²) in [5.74, 6) is 0.992. The van der Waals surface area contributed by atoms with E-state index in [-0.39, 0.29) is 11.8 Å².